The molecule has 0 unspecified atom stereocenters. The minimum Gasteiger partial charge on any atom is -0.497 e. The molecule has 30 heavy (non-hydrogen) atoms. The average molecular weight is 459 g/mol. The number of thioether (sulfide) groups is 1. The van der Waals surface area contributed by atoms with Crippen LogP contribution in [-0.4, -0.2) is 25.3 Å². The number of hydrogen-bond acceptors (Lipinski definition) is 5. The third kappa shape index (κ3) is 3.99. The molecule has 3 aromatic rings. The minimum absolute atomic E-state index is 0.251. The van der Waals surface area contributed by atoms with Crippen LogP contribution in [0.15, 0.2) is 58.4 Å². The first-order chi connectivity index (χ1) is 14.5. The van der Waals surface area contributed by atoms with Gasteiger partial charge in [0, 0.05) is 5.56 Å². The number of benzene rings is 3. The van der Waals surface area contributed by atoms with E-state index in [1.165, 1.54) is 11.8 Å². The molecular weight excluding hydrogens is 443 g/mol. The molecule has 1 saturated heterocycles. The van der Waals surface area contributed by atoms with Gasteiger partial charge in [-0.1, -0.05) is 41.4 Å². The predicted molar refractivity (Wildman–Crippen MR) is 124 cm³/mol. The second-order valence-electron chi connectivity index (χ2n) is 6.32. The Balaban J connectivity index is 1.76. The highest BCUT2D eigenvalue weighted by Gasteiger charge is 2.25. The van der Waals surface area contributed by atoms with Crippen LogP contribution in [0.4, 0.5) is 5.69 Å². The first-order valence-electron chi connectivity index (χ1n) is 8.88. The lowest BCUT2D eigenvalue weighted by atomic mass is 10.0. The number of amidine groups is 1. The summed E-state index contributed by atoms with van der Waals surface area (Å²) in [7, 11) is 3.21. The second-order valence-corrected chi connectivity index (χ2v) is 8.14. The first-order valence-corrected chi connectivity index (χ1v) is 10.5. The highest BCUT2D eigenvalue weighted by atomic mass is 35.5. The van der Waals surface area contributed by atoms with Crippen molar-refractivity contribution in [1.82, 2.24) is 5.32 Å². The molecule has 5 nitrogen and oxygen atoms in total. The Bertz CT molecular complexity index is 1220. The Morgan fingerprint density at radius 2 is 1.87 bits per heavy atom. The zero-order chi connectivity index (χ0) is 21.3. The molecule has 1 amide bonds. The number of rotatable bonds is 4. The second kappa shape index (κ2) is 8.60. The van der Waals surface area contributed by atoms with Gasteiger partial charge in [-0.25, -0.2) is 4.99 Å². The van der Waals surface area contributed by atoms with E-state index in [1.807, 2.05) is 30.3 Å². The quantitative estimate of drug-likeness (QED) is 0.482. The van der Waals surface area contributed by atoms with Crippen molar-refractivity contribution in [2.24, 2.45) is 4.99 Å². The number of hydrogen-bond donors (Lipinski definition) is 1. The maximum atomic E-state index is 12.6. The molecule has 1 aliphatic heterocycles. The topological polar surface area (TPSA) is 59.9 Å². The molecule has 0 spiro atoms. The van der Waals surface area contributed by atoms with Gasteiger partial charge in [0.15, 0.2) is 5.17 Å². The van der Waals surface area contributed by atoms with Crippen LogP contribution >= 0.6 is 35.0 Å². The van der Waals surface area contributed by atoms with E-state index in [-0.39, 0.29) is 5.91 Å². The van der Waals surface area contributed by atoms with Gasteiger partial charge in [-0.05, 0) is 58.9 Å². The molecule has 0 saturated carbocycles. The SMILES string of the molecule is COc1ccc2ccc(OC)c(/C=C3/SC(=Nc4cccc(Cl)c4Cl)NC3=O)c2c1. The molecule has 8 heteroatoms. The van der Waals surface area contributed by atoms with E-state index in [4.69, 9.17) is 32.7 Å². The van der Waals surface area contributed by atoms with Crippen LogP contribution in [0, 0.1) is 0 Å². The molecule has 0 radical (unpaired) electrons. The van der Waals surface area contributed by atoms with Crippen molar-refractivity contribution in [2.75, 3.05) is 14.2 Å². The number of nitrogens with zero attached hydrogens (tertiary/aromatic N) is 1. The standard InChI is InChI=1S/C22H16Cl2N2O3S/c1-28-13-8-6-12-7-9-18(29-2)15(14(12)10-13)11-19-21(27)26-22(30-19)25-17-5-3-4-16(23)20(17)24/h3-11H,1-2H3,(H,25,26,27)/b19-11+. The number of ether oxygens (including phenoxy) is 2. The van der Waals surface area contributed by atoms with Crippen molar-refractivity contribution >= 4 is 68.6 Å². The minimum atomic E-state index is -0.251. The summed E-state index contributed by atoms with van der Waals surface area (Å²) in [5, 5.41) is 5.85. The fraction of sp³-hybridized carbons (Fsp3) is 0.0909. The molecule has 3 aromatic carbocycles. The Morgan fingerprint density at radius 1 is 1.07 bits per heavy atom. The molecule has 1 aliphatic rings. The van der Waals surface area contributed by atoms with Crippen molar-refractivity contribution in [3.8, 4) is 11.5 Å². The predicted octanol–water partition coefficient (Wildman–Crippen LogP) is 6.06. The summed E-state index contributed by atoms with van der Waals surface area (Å²) < 4.78 is 10.9. The van der Waals surface area contributed by atoms with Gasteiger partial charge in [-0.15, -0.1) is 0 Å². The van der Waals surface area contributed by atoms with E-state index < -0.39 is 0 Å². The lowest BCUT2D eigenvalue weighted by Crippen LogP contribution is -2.19. The van der Waals surface area contributed by atoms with Crippen molar-refractivity contribution < 1.29 is 14.3 Å². The largest absolute Gasteiger partial charge is 0.497 e. The average Bonchev–Trinajstić information content (AvgIpc) is 3.10. The lowest BCUT2D eigenvalue weighted by molar-refractivity contribution is -0.115. The van der Waals surface area contributed by atoms with Crippen LogP contribution in [0.1, 0.15) is 5.56 Å². The zero-order valence-electron chi connectivity index (χ0n) is 16.0. The maximum absolute atomic E-state index is 12.6. The molecule has 1 fully saturated rings. The van der Waals surface area contributed by atoms with Crippen LogP contribution in [0.3, 0.4) is 0 Å². The number of carbonyl (C=O) groups excluding carboxylic acids is 1. The zero-order valence-corrected chi connectivity index (χ0v) is 18.4. The van der Waals surface area contributed by atoms with Gasteiger partial charge < -0.3 is 14.8 Å². The number of carbonyl (C=O) groups is 1. The fourth-order valence-electron chi connectivity index (χ4n) is 3.06. The summed E-state index contributed by atoms with van der Waals surface area (Å²) >= 11 is 13.5. The van der Waals surface area contributed by atoms with Gasteiger partial charge in [0.2, 0.25) is 0 Å². The number of nitrogens with one attached hydrogen (secondary N) is 1. The normalized spacial score (nSPS) is 16.3. The highest BCUT2D eigenvalue weighted by Crippen LogP contribution is 2.37. The summed E-state index contributed by atoms with van der Waals surface area (Å²) in [6, 6.07) is 14.8. The molecular formula is C22H16Cl2N2O3S. The number of methoxy groups -OCH3 is 2. The first kappa shape index (κ1) is 20.6. The van der Waals surface area contributed by atoms with Gasteiger partial charge >= 0.3 is 0 Å². The van der Waals surface area contributed by atoms with Gasteiger partial charge in [0.05, 0.1) is 34.9 Å². The van der Waals surface area contributed by atoms with E-state index in [1.54, 1.807) is 38.5 Å². The summed E-state index contributed by atoms with van der Waals surface area (Å²) in [4.78, 5) is 17.5. The Kier molecular flexibility index (Phi) is 5.90. The Labute approximate surface area is 187 Å². The molecule has 0 aliphatic carbocycles. The van der Waals surface area contributed by atoms with E-state index >= 15 is 0 Å². The van der Waals surface area contributed by atoms with Crippen molar-refractivity contribution in [1.29, 1.82) is 0 Å². The summed E-state index contributed by atoms with van der Waals surface area (Å²) in [6.45, 7) is 0. The van der Waals surface area contributed by atoms with E-state index in [0.29, 0.717) is 31.6 Å². The van der Waals surface area contributed by atoms with E-state index in [0.717, 1.165) is 22.1 Å². The summed E-state index contributed by atoms with van der Waals surface area (Å²) in [5.74, 6) is 1.12. The van der Waals surface area contributed by atoms with E-state index in [9.17, 15) is 4.79 Å². The molecule has 0 bridgehead atoms. The third-order valence-electron chi connectivity index (χ3n) is 4.53. The number of halogens is 2. The van der Waals surface area contributed by atoms with Crippen molar-refractivity contribution in [3.05, 3.63) is 69.0 Å². The third-order valence-corrected chi connectivity index (χ3v) is 6.25. The van der Waals surface area contributed by atoms with Crippen LogP contribution in [0.25, 0.3) is 16.8 Å². The summed E-state index contributed by atoms with van der Waals surface area (Å²) in [6.07, 6.45) is 1.79. The summed E-state index contributed by atoms with van der Waals surface area (Å²) in [5.41, 5.74) is 1.27. The van der Waals surface area contributed by atoms with Crippen molar-refractivity contribution in [3.63, 3.8) is 0 Å². The maximum Gasteiger partial charge on any atom is 0.264 e. The van der Waals surface area contributed by atoms with Gasteiger partial charge in [-0.3, -0.25) is 4.79 Å². The van der Waals surface area contributed by atoms with Crippen LogP contribution < -0.4 is 14.8 Å². The molecule has 4 rings (SSSR count). The monoisotopic (exact) mass is 458 g/mol. The van der Waals surface area contributed by atoms with Crippen LogP contribution in [0.5, 0.6) is 11.5 Å². The van der Waals surface area contributed by atoms with Crippen molar-refractivity contribution in [2.45, 2.75) is 0 Å². The molecule has 1 N–H and O–H groups in total. The highest BCUT2D eigenvalue weighted by molar-refractivity contribution is 8.18. The van der Waals surface area contributed by atoms with Gasteiger partial charge in [0.25, 0.3) is 5.91 Å². The smallest absolute Gasteiger partial charge is 0.264 e. The van der Waals surface area contributed by atoms with Crippen LogP contribution in [-0.2, 0) is 4.79 Å². The lowest BCUT2D eigenvalue weighted by Gasteiger charge is -2.10. The molecule has 0 atom stereocenters. The Morgan fingerprint density at radius 3 is 2.63 bits per heavy atom. The Hall–Kier alpha value is -2.67. The van der Waals surface area contributed by atoms with E-state index in [2.05, 4.69) is 10.3 Å². The number of fused-ring (bicyclic) bond motifs is 1. The molecule has 0 aromatic heterocycles. The fourth-order valence-corrected chi connectivity index (χ4v) is 4.21. The number of amides is 1. The van der Waals surface area contributed by atoms with Crippen LogP contribution in [0.2, 0.25) is 10.0 Å². The number of aliphatic imine (C=N–C) groups is 1. The molecule has 152 valence electrons. The molecule has 1 heterocycles. The van der Waals surface area contributed by atoms with Gasteiger partial charge in [-0.2, -0.15) is 0 Å². The van der Waals surface area contributed by atoms with Gasteiger partial charge in [0.1, 0.15) is 11.5 Å².